The van der Waals surface area contributed by atoms with E-state index in [0.717, 1.165) is 21.8 Å². The maximum absolute atomic E-state index is 12.7. The van der Waals surface area contributed by atoms with Gasteiger partial charge in [0.25, 0.3) is 5.91 Å². The molecule has 0 aliphatic rings. The van der Waals surface area contributed by atoms with Gasteiger partial charge >= 0.3 is 0 Å². The summed E-state index contributed by atoms with van der Waals surface area (Å²) in [5.74, 6) is 0.857. The van der Waals surface area contributed by atoms with Crippen molar-refractivity contribution in [1.29, 1.82) is 0 Å². The van der Waals surface area contributed by atoms with Gasteiger partial charge in [-0.1, -0.05) is 12.1 Å². The number of amides is 1. The Bertz CT molecular complexity index is 1150. The summed E-state index contributed by atoms with van der Waals surface area (Å²) in [6.45, 7) is 0. The summed E-state index contributed by atoms with van der Waals surface area (Å²) in [5.41, 5.74) is 3.87. The average molecular weight is 417 g/mol. The van der Waals surface area contributed by atoms with E-state index in [1.807, 2.05) is 41.8 Å². The number of hydrogen-bond donors (Lipinski definition) is 1. The van der Waals surface area contributed by atoms with Crippen molar-refractivity contribution < 1.29 is 14.3 Å². The van der Waals surface area contributed by atoms with E-state index in [1.54, 1.807) is 56.1 Å². The molecule has 150 valence electrons. The van der Waals surface area contributed by atoms with Crippen molar-refractivity contribution in [3.05, 3.63) is 77.9 Å². The summed E-state index contributed by atoms with van der Waals surface area (Å²) in [7, 11) is 3.10. The molecule has 1 amide bonds. The van der Waals surface area contributed by atoms with Crippen LogP contribution in [0.4, 0.5) is 5.69 Å². The number of nitrogens with zero attached hydrogens (tertiary/aromatic N) is 2. The number of nitrogens with one attached hydrogen (secondary N) is 1. The zero-order chi connectivity index (χ0) is 20.9. The molecule has 0 fully saturated rings. The number of pyridine rings is 1. The average Bonchev–Trinajstić information content (AvgIpc) is 3.30. The molecule has 0 saturated heterocycles. The quantitative estimate of drug-likeness (QED) is 0.470. The second-order valence-electron chi connectivity index (χ2n) is 6.42. The van der Waals surface area contributed by atoms with Gasteiger partial charge in [-0.05, 0) is 36.4 Å². The van der Waals surface area contributed by atoms with Crippen molar-refractivity contribution in [3.8, 4) is 33.3 Å². The molecule has 0 saturated carbocycles. The number of methoxy groups -OCH3 is 2. The molecule has 4 aromatic rings. The van der Waals surface area contributed by atoms with Crippen LogP contribution in [0.15, 0.2) is 72.4 Å². The fourth-order valence-electron chi connectivity index (χ4n) is 2.93. The first kappa shape index (κ1) is 19.6. The Morgan fingerprint density at radius 2 is 1.73 bits per heavy atom. The number of hydrogen-bond acceptors (Lipinski definition) is 6. The predicted octanol–water partition coefficient (Wildman–Crippen LogP) is 5.14. The van der Waals surface area contributed by atoms with E-state index in [2.05, 4.69) is 10.3 Å². The molecule has 2 aromatic heterocycles. The molecule has 1 N–H and O–H groups in total. The van der Waals surface area contributed by atoms with Crippen molar-refractivity contribution in [3.63, 3.8) is 0 Å². The van der Waals surface area contributed by atoms with Crippen LogP contribution in [0.1, 0.15) is 10.4 Å². The van der Waals surface area contributed by atoms with Gasteiger partial charge in [-0.2, -0.15) is 0 Å². The number of benzene rings is 2. The maximum Gasteiger partial charge on any atom is 0.255 e. The molecule has 0 aliphatic carbocycles. The normalized spacial score (nSPS) is 10.5. The maximum atomic E-state index is 12.7. The van der Waals surface area contributed by atoms with Gasteiger partial charge in [0.1, 0.15) is 16.5 Å². The van der Waals surface area contributed by atoms with Crippen LogP contribution in [0, 0.1) is 0 Å². The Hall–Kier alpha value is -3.71. The molecule has 30 heavy (non-hydrogen) atoms. The molecular weight excluding hydrogens is 398 g/mol. The van der Waals surface area contributed by atoms with Crippen molar-refractivity contribution in [1.82, 2.24) is 9.97 Å². The summed E-state index contributed by atoms with van der Waals surface area (Å²) in [5, 5.41) is 5.82. The fraction of sp³-hybridized carbons (Fsp3) is 0.0870. The van der Waals surface area contributed by atoms with Crippen LogP contribution in [0.2, 0.25) is 0 Å². The molecule has 2 aromatic carbocycles. The van der Waals surface area contributed by atoms with Gasteiger partial charge in [0, 0.05) is 46.2 Å². The highest BCUT2D eigenvalue weighted by Crippen LogP contribution is 2.30. The van der Waals surface area contributed by atoms with Crippen molar-refractivity contribution in [2.24, 2.45) is 0 Å². The van der Waals surface area contributed by atoms with Gasteiger partial charge in [0.05, 0.1) is 19.9 Å². The van der Waals surface area contributed by atoms with E-state index in [-0.39, 0.29) is 5.91 Å². The Morgan fingerprint density at radius 3 is 2.43 bits per heavy atom. The molecule has 0 radical (unpaired) electrons. The van der Waals surface area contributed by atoms with Gasteiger partial charge in [0.2, 0.25) is 0 Å². The summed E-state index contributed by atoms with van der Waals surface area (Å²) in [6, 6.07) is 16.5. The summed E-state index contributed by atoms with van der Waals surface area (Å²) >= 11 is 1.56. The highest BCUT2D eigenvalue weighted by atomic mass is 32.1. The van der Waals surface area contributed by atoms with Crippen molar-refractivity contribution in [2.75, 3.05) is 19.5 Å². The number of anilines is 1. The first-order chi connectivity index (χ1) is 14.7. The largest absolute Gasteiger partial charge is 0.497 e. The van der Waals surface area contributed by atoms with E-state index in [4.69, 9.17) is 14.5 Å². The molecule has 0 bridgehead atoms. The third kappa shape index (κ3) is 4.31. The van der Waals surface area contributed by atoms with Gasteiger partial charge in [-0.25, -0.2) is 4.98 Å². The van der Waals surface area contributed by atoms with E-state index < -0.39 is 0 Å². The molecular formula is C23H19N3O3S. The zero-order valence-corrected chi connectivity index (χ0v) is 17.3. The molecule has 0 unspecified atom stereocenters. The molecule has 2 heterocycles. The Kier molecular flexibility index (Phi) is 5.72. The van der Waals surface area contributed by atoms with Gasteiger partial charge < -0.3 is 14.8 Å². The highest BCUT2D eigenvalue weighted by Gasteiger charge is 2.12. The van der Waals surface area contributed by atoms with Crippen molar-refractivity contribution >= 4 is 22.9 Å². The second-order valence-corrected chi connectivity index (χ2v) is 7.27. The smallest absolute Gasteiger partial charge is 0.255 e. The van der Waals surface area contributed by atoms with E-state index in [1.165, 1.54) is 0 Å². The predicted molar refractivity (Wildman–Crippen MR) is 118 cm³/mol. The van der Waals surface area contributed by atoms with Crippen molar-refractivity contribution in [2.45, 2.75) is 0 Å². The molecule has 7 heteroatoms. The summed E-state index contributed by atoms with van der Waals surface area (Å²) < 4.78 is 10.5. The Morgan fingerprint density at radius 1 is 0.967 bits per heavy atom. The fourth-order valence-corrected chi connectivity index (χ4v) is 3.75. The summed E-state index contributed by atoms with van der Waals surface area (Å²) in [6.07, 6.45) is 3.53. The molecule has 4 rings (SSSR count). The Balaban J connectivity index is 1.56. The molecule has 0 spiro atoms. The monoisotopic (exact) mass is 417 g/mol. The second kappa shape index (κ2) is 8.75. The topological polar surface area (TPSA) is 73.3 Å². The number of ether oxygens (including phenoxy) is 2. The van der Waals surface area contributed by atoms with E-state index >= 15 is 0 Å². The number of thiazole rings is 1. The standard InChI is InChI=1S/C23H19N3O3S/c1-28-19-10-17(11-20(12-19)29-2)22(27)25-18-7-3-5-15(9-18)21-14-30-23(26-21)16-6-4-8-24-13-16/h3-14H,1-2H3,(H,25,27). The van der Waals surface area contributed by atoms with Crippen LogP contribution in [0.5, 0.6) is 11.5 Å². The van der Waals surface area contributed by atoms with Crippen LogP contribution >= 0.6 is 11.3 Å². The van der Waals surface area contributed by atoms with Crippen LogP contribution in [0.25, 0.3) is 21.8 Å². The van der Waals surface area contributed by atoms with E-state index in [9.17, 15) is 4.79 Å². The van der Waals surface area contributed by atoms with Gasteiger partial charge in [-0.15, -0.1) is 11.3 Å². The van der Waals surface area contributed by atoms with E-state index in [0.29, 0.717) is 22.7 Å². The lowest BCUT2D eigenvalue weighted by Gasteiger charge is -2.10. The number of aromatic nitrogens is 2. The first-order valence-corrected chi connectivity index (χ1v) is 10.0. The van der Waals surface area contributed by atoms with Crippen LogP contribution < -0.4 is 14.8 Å². The molecule has 0 atom stereocenters. The number of carbonyl (C=O) groups is 1. The lowest BCUT2D eigenvalue weighted by Crippen LogP contribution is -2.12. The number of carbonyl (C=O) groups excluding carboxylic acids is 1. The minimum absolute atomic E-state index is 0.251. The van der Waals surface area contributed by atoms with Crippen LogP contribution in [-0.4, -0.2) is 30.1 Å². The minimum atomic E-state index is -0.251. The zero-order valence-electron chi connectivity index (χ0n) is 16.5. The third-order valence-corrected chi connectivity index (χ3v) is 5.33. The highest BCUT2D eigenvalue weighted by molar-refractivity contribution is 7.13. The summed E-state index contributed by atoms with van der Waals surface area (Å²) in [4.78, 5) is 21.6. The first-order valence-electron chi connectivity index (χ1n) is 9.17. The molecule has 6 nitrogen and oxygen atoms in total. The number of rotatable bonds is 6. The lowest BCUT2D eigenvalue weighted by molar-refractivity contribution is 0.102. The third-order valence-electron chi connectivity index (χ3n) is 4.44. The van der Waals surface area contributed by atoms with Gasteiger partial charge in [0.15, 0.2) is 0 Å². The van der Waals surface area contributed by atoms with Crippen LogP contribution in [0.3, 0.4) is 0 Å². The van der Waals surface area contributed by atoms with Gasteiger partial charge in [-0.3, -0.25) is 9.78 Å². The Labute approximate surface area is 178 Å². The SMILES string of the molecule is COc1cc(OC)cc(C(=O)Nc2cccc(-c3csc(-c4cccnc4)n3)c2)c1. The van der Waals surface area contributed by atoms with Crippen LogP contribution in [-0.2, 0) is 0 Å². The minimum Gasteiger partial charge on any atom is -0.497 e. The lowest BCUT2D eigenvalue weighted by atomic mass is 10.1. The molecule has 0 aliphatic heterocycles.